The summed E-state index contributed by atoms with van der Waals surface area (Å²) in [6, 6.07) is 10.7. The molecule has 1 atom stereocenters. The van der Waals surface area contributed by atoms with Crippen molar-refractivity contribution in [3.8, 4) is 5.75 Å². The highest BCUT2D eigenvalue weighted by molar-refractivity contribution is 5.51. The molecule has 1 aliphatic heterocycles. The van der Waals surface area contributed by atoms with Crippen molar-refractivity contribution < 1.29 is 14.7 Å². The normalized spacial score (nSPS) is 17.5. The topological polar surface area (TPSA) is 46.8 Å². The number of morpholine rings is 1. The van der Waals surface area contributed by atoms with E-state index < -0.39 is 0 Å². The number of ether oxygens (including phenoxy) is 1. The van der Waals surface area contributed by atoms with Crippen molar-refractivity contribution >= 4 is 0 Å². The van der Waals surface area contributed by atoms with Crippen molar-refractivity contribution in [1.82, 2.24) is 4.98 Å². The quantitative estimate of drug-likeness (QED) is 0.854. The number of aromatic nitrogens is 1. The number of rotatable bonds is 3. The maximum Gasteiger partial charge on any atom is 0.156 e. The summed E-state index contributed by atoms with van der Waals surface area (Å²) in [5, 5.41) is 11.1. The van der Waals surface area contributed by atoms with Gasteiger partial charge in [0.15, 0.2) is 6.04 Å². The molecule has 152 valence electrons. The van der Waals surface area contributed by atoms with Crippen LogP contribution >= 0.6 is 0 Å². The average molecular weight is 384 g/mol. The molecule has 4 nitrogen and oxygen atoms in total. The number of nitrogens with zero attached hydrogens (tertiary/aromatic N) is 1. The summed E-state index contributed by atoms with van der Waals surface area (Å²) in [6.45, 7) is 16.4. The predicted octanol–water partition coefficient (Wildman–Crippen LogP) is 3.39. The summed E-state index contributed by atoms with van der Waals surface area (Å²) < 4.78 is 5.62. The Balaban J connectivity index is 2.21. The van der Waals surface area contributed by atoms with Crippen LogP contribution in [0.1, 0.15) is 70.0 Å². The second kappa shape index (κ2) is 7.84. The molecule has 2 aromatic rings. The highest BCUT2D eigenvalue weighted by atomic mass is 16.5. The van der Waals surface area contributed by atoms with Crippen molar-refractivity contribution in [1.29, 1.82) is 0 Å². The maximum atomic E-state index is 11.1. The zero-order valence-corrected chi connectivity index (χ0v) is 18.2. The Morgan fingerprint density at radius 1 is 0.964 bits per heavy atom. The molecule has 1 aromatic carbocycles. The van der Waals surface area contributed by atoms with Gasteiger partial charge in [0.05, 0.1) is 13.2 Å². The van der Waals surface area contributed by atoms with Crippen molar-refractivity contribution in [2.45, 2.75) is 58.4 Å². The molecule has 0 bridgehead atoms. The minimum atomic E-state index is -0.144. The molecule has 28 heavy (non-hydrogen) atoms. The third-order valence-corrected chi connectivity index (χ3v) is 5.61. The Kier molecular flexibility index (Phi) is 5.83. The summed E-state index contributed by atoms with van der Waals surface area (Å²) in [7, 11) is 0. The molecule has 0 aliphatic carbocycles. The lowest BCUT2D eigenvalue weighted by Crippen LogP contribution is -3.14. The zero-order chi connectivity index (χ0) is 20.5. The van der Waals surface area contributed by atoms with E-state index in [9.17, 15) is 5.11 Å². The monoisotopic (exact) mass is 383 g/mol. The number of hydrogen-bond acceptors (Lipinski definition) is 3. The molecule has 0 spiro atoms. The summed E-state index contributed by atoms with van der Waals surface area (Å²) in [5.74, 6) is 0.431. The van der Waals surface area contributed by atoms with Gasteiger partial charge >= 0.3 is 0 Å². The van der Waals surface area contributed by atoms with Gasteiger partial charge in [-0.15, -0.1) is 0 Å². The molecule has 3 rings (SSSR count). The standard InChI is InChI=1S/C24H34N2O2/c1-23(2,3)18-15-17(16-19(22(18)27)24(4,5)6)21(20-9-7-8-10-25-20)26-11-13-28-14-12-26/h7-10,15-16,21,27H,11-14H2,1-6H3/p+1/t21-/m0/s1. The lowest BCUT2D eigenvalue weighted by Gasteiger charge is -2.34. The fraction of sp³-hybridized carbons (Fsp3) is 0.542. The molecular formula is C24H35N2O2+. The Bertz CT molecular complexity index is 763. The molecule has 2 N–H and O–H groups in total. The van der Waals surface area contributed by atoms with E-state index in [-0.39, 0.29) is 16.9 Å². The highest BCUT2D eigenvalue weighted by Gasteiger charge is 2.33. The maximum absolute atomic E-state index is 11.1. The number of quaternary nitrogens is 1. The molecule has 0 unspecified atom stereocenters. The van der Waals surface area contributed by atoms with E-state index in [0.717, 1.165) is 43.1 Å². The average Bonchev–Trinajstić information content (AvgIpc) is 2.63. The molecule has 2 heterocycles. The van der Waals surface area contributed by atoms with Crippen LogP contribution in [0.15, 0.2) is 36.5 Å². The van der Waals surface area contributed by atoms with Gasteiger partial charge in [-0.25, -0.2) is 0 Å². The largest absolute Gasteiger partial charge is 0.507 e. The number of aromatic hydroxyl groups is 1. The van der Waals surface area contributed by atoms with Gasteiger partial charge in [-0.2, -0.15) is 0 Å². The Labute approximate surface area is 169 Å². The summed E-state index contributed by atoms with van der Waals surface area (Å²) in [5.41, 5.74) is 4.02. The van der Waals surface area contributed by atoms with Crippen LogP contribution in [0.5, 0.6) is 5.75 Å². The molecule has 1 saturated heterocycles. The molecule has 0 radical (unpaired) electrons. The van der Waals surface area contributed by atoms with E-state index in [2.05, 4.69) is 65.8 Å². The first kappa shape index (κ1) is 20.8. The fourth-order valence-electron chi connectivity index (χ4n) is 4.05. The third-order valence-electron chi connectivity index (χ3n) is 5.61. The summed E-state index contributed by atoms with van der Waals surface area (Å²) in [4.78, 5) is 6.18. The van der Waals surface area contributed by atoms with E-state index in [1.165, 1.54) is 10.5 Å². The van der Waals surface area contributed by atoms with Crippen molar-refractivity contribution in [3.05, 3.63) is 58.9 Å². The molecule has 1 aromatic heterocycles. The second-order valence-corrected chi connectivity index (χ2v) is 9.92. The number of phenols is 1. The van der Waals surface area contributed by atoms with Gasteiger partial charge in [0.25, 0.3) is 0 Å². The van der Waals surface area contributed by atoms with E-state index in [4.69, 9.17) is 9.72 Å². The molecule has 1 aliphatic rings. The van der Waals surface area contributed by atoms with Crippen LogP contribution in [-0.4, -0.2) is 36.4 Å². The van der Waals surface area contributed by atoms with E-state index >= 15 is 0 Å². The lowest BCUT2D eigenvalue weighted by molar-refractivity contribution is -0.933. The number of nitrogens with one attached hydrogen (secondary N) is 1. The van der Waals surface area contributed by atoms with Gasteiger partial charge in [0.2, 0.25) is 0 Å². The minimum Gasteiger partial charge on any atom is -0.507 e. The molecule has 0 amide bonds. The van der Waals surface area contributed by atoms with Crippen molar-refractivity contribution in [3.63, 3.8) is 0 Å². The molecule has 4 heteroatoms. The van der Waals surface area contributed by atoms with E-state index in [1.807, 2.05) is 12.3 Å². The van der Waals surface area contributed by atoms with Crippen molar-refractivity contribution in [2.24, 2.45) is 0 Å². The van der Waals surface area contributed by atoms with Gasteiger partial charge in [0, 0.05) is 22.9 Å². The van der Waals surface area contributed by atoms with Crippen LogP contribution in [-0.2, 0) is 15.6 Å². The van der Waals surface area contributed by atoms with Crippen LogP contribution in [0.3, 0.4) is 0 Å². The SMILES string of the molecule is CC(C)(C)c1cc([C@@H](c2ccccn2)[NH+]2CCOCC2)cc(C(C)(C)C)c1O. The number of phenolic OH excluding ortho intramolecular Hbond substituents is 1. The number of pyridine rings is 1. The first-order valence-electron chi connectivity index (χ1n) is 10.3. The number of hydrogen-bond donors (Lipinski definition) is 2. The molecular weight excluding hydrogens is 348 g/mol. The van der Waals surface area contributed by atoms with Gasteiger partial charge < -0.3 is 14.7 Å². The summed E-state index contributed by atoms with van der Waals surface area (Å²) >= 11 is 0. The van der Waals surface area contributed by atoms with Gasteiger partial charge in [-0.05, 0) is 35.1 Å². The van der Waals surface area contributed by atoms with Crippen molar-refractivity contribution in [2.75, 3.05) is 26.3 Å². The fourth-order valence-corrected chi connectivity index (χ4v) is 4.05. The second-order valence-electron chi connectivity index (χ2n) is 9.92. The van der Waals surface area contributed by atoms with Crippen LogP contribution in [0.4, 0.5) is 0 Å². The van der Waals surface area contributed by atoms with Crippen LogP contribution in [0.2, 0.25) is 0 Å². The van der Waals surface area contributed by atoms with Crippen LogP contribution in [0, 0.1) is 0 Å². The van der Waals surface area contributed by atoms with Gasteiger partial charge in [0.1, 0.15) is 24.5 Å². The third kappa shape index (κ3) is 4.39. The lowest BCUT2D eigenvalue weighted by atomic mass is 9.77. The first-order chi connectivity index (χ1) is 13.1. The minimum absolute atomic E-state index is 0.132. The predicted molar refractivity (Wildman–Crippen MR) is 113 cm³/mol. The van der Waals surface area contributed by atoms with Gasteiger partial charge in [-0.1, -0.05) is 47.6 Å². The smallest absolute Gasteiger partial charge is 0.156 e. The molecule has 1 fully saturated rings. The molecule has 0 saturated carbocycles. The first-order valence-corrected chi connectivity index (χ1v) is 10.3. The zero-order valence-electron chi connectivity index (χ0n) is 18.2. The van der Waals surface area contributed by atoms with Crippen LogP contribution in [0.25, 0.3) is 0 Å². The van der Waals surface area contributed by atoms with E-state index in [1.54, 1.807) is 0 Å². The summed E-state index contributed by atoms with van der Waals surface area (Å²) in [6.07, 6.45) is 1.87. The highest BCUT2D eigenvalue weighted by Crippen LogP contribution is 2.41. The Morgan fingerprint density at radius 3 is 2.00 bits per heavy atom. The van der Waals surface area contributed by atoms with Crippen LogP contribution < -0.4 is 4.90 Å². The van der Waals surface area contributed by atoms with E-state index in [0.29, 0.717) is 5.75 Å². The van der Waals surface area contributed by atoms with Gasteiger partial charge in [-0.3, -0.25) is 4.98 Å². The number of benzene rings is 1. The Hall–Kier alpha value is -1.91. The Morgan fingerprint density at radius 2 is 1.54 bits per heavy atom.